The van der Waals surface area contributed by atoms with E-state index in [0.717, 1.165) is 10.8 Å². The summed E-state index contributed by atoms with van der Waals surface area (Å²) in [7, 11) is 1.79. The normalized spacial score (nSPS) is 10.2. The summed E-state index contributed by atoms with van der Waals surface area (Å²) in [5.74, 6) is 0.925. The van der Waals surface area contributed by atoms with Crippen molar-refractivity contribution in [2.24, 2.45) is 0 Å². The Bertz CT molecular complexity index is 520. The van der Waals surface area contributed by atoms with Crippen LogP contribution >= 0.6 is 11.3 Å². The molecular weight excluding hydrogens is 240 g/mol. The molecule has 0 aliphatic heterocycles. The van der Waals surface area contributed by atoms with Crippen molar-refractivity contribution in [3.05, 3.63) is 22.9 Å². The van der Waals surface area contributed by atoms with Crippen molar-refractivity contribution >= 4 is 28.2 Å². The Morgan fingerprint density at radius 2 is 2.41 bits per heavy atom. The van der Waals surface area contributed by atoms with E-state index in [9.17, 15) is 4.79 Å². The summed E-state index contributed by atoms with van der Waals surface area (Å²) in [5, 5.41) is 11.9. The first kappa shape index (κ1) is 11.6. The average molecular weight is 252 g/mol. The maximum Gasteiger partial charge on any atom is 0.231 e. The molecule has 6 nitrogen and oxygen atoms in total. The zero-order valence-corrected chi connectivity index (χ0v) is 10.3. The minimum atomic E-state index is -0.161. The van der Waals surface area contributed by atoms with Gasteiger partial charge in [-0.2, -0.15) is 0 Å². The average Bonchev–Trinajstić information content (AvgIpc) is 2.88. The molecule has 0 aromatic carbocycles. The maximum atomic E-state index is 11.6. The Labute approximate surface area is 102 Å². The van der Waals surface area contributed by atoms with E-state index >= 15 is 0 Å². The van der Waals surface area contributed by atoms with Crippen molar-refractivity contribution in [1.82, 2.24) is 10.1 Å². The van der Waals surface area contributed by atoms with Crippen molar-refractivity contribution in [2.45, 2.75) is 13.3 Å². The molecule has 2 aromatic rings. The van der Waals surface area contributed by atoms with Gasteiger partial charge in [0.1, 0.15) is 5.76 Å². The monoisotopic (exact) mass is 252 g/mol. The fourth-order valence-corrected chi connectivity index (χ4v) is 1.95. The van der Waals surface area contributed by atoms with E-state index < -0.39 is 0 Å². The van der Waals surface area contributed by atoms with Gasteiger partial charge in [-0.25, -0.2) is 4.98 Å². The van der Waals surface area contributed by atoms with E-state index in [2.05, 4.69) is 20.8 Å². The van der Waals surface area contributed by atoms with Gasteiger partial charge in [-0.1, -0.05) is 5.16 Å². The fraction of sp³-hybridized carbons (Fsp3) is 0.300. The highest BCUT2D eigenvalue weighted by Crippen LogP contribution is 2.15. The van der Waals surface area contributed by atoms with Crippen LogP contribution in [0.25, 0.3) is 0 Å². The van der Waals surface area contributed by atoms with Crippen molar-refractivity contribution in [3.63, 3.8) is 0 Å². The molecule has 1 amide bonds. The van der Waals surface area contributed by atoms with Crippen LogP contribution in [0.1, 0.15) is 11.5 Å². The van der Waals surface area contributed by atoms with E-state index in [1.165, 1.54) is 11.3 Å². The first-order valence-corrected chi connectivity index (χ1v) is 5.90. The van der Waals surface area contributed by atoms with Crippen LogP contribution in [-0.2, 0) is 11.2 Å². The Morgan fingerprint density at radius 1 is 1.59 bits per heavy atom. The third-order valence-corrected chi connectivity index (χ3v) is 2.91. The number of nitrogens with one attached hydrogen (secondary N) is 2. The van der Waals surface area contributed by atoms with Gasteiger partial charge in [0.05, 0.1) is 12.1 Å². The Hall–Kier alpha value is -1.89. The summed E-state index contributed by atoms with van der Waals surface area (Å²) in [6, 6.07) is 1.66. The summed E-state index contributed by atoms with van der Waals surface area (Å²) in [6.45, 7) is 1.77. The molecule has 0 aliphatic rings. The number of hydrogen-bond acceptors (Lipinski definition) is 6. The van der Waals surface area contributed by atoms with Crippen molar-refractivity contribution in [2.75, 3.05) is 17.7 Å². The summed E-state index contributed by atoms with van der Waals surface area (Å²) >= 11 is 1.47. The number of aromatic nitrogens is 2. The standard InChI is InChI=1S/C10H12N4O2S/c1-6-3-8(14-16-6)13-9(15)4-7-5-17-10(11-2)12-7/h3,5H,4H2,1-2H3,(H,11,12)(H,13,14,15). The molecule has 0 radical (unpaired) electrons. The summed E-state index contributed by atoms with van der Waals surface area (Å²) < 4.78 is 4.85. The van der Waals surface area contributed by atoms with Gasteiger partial charge in [-0.15, -0.1) is 11.3 Å². The number of rotatable bonds is 4. The highest BCUT2D eigenvalue weighted by Gasteiger charge is 2.09. The number of hydrogen-bond donors (Lipinski definition) is 2. The molecule has 0 saturated carbocycles. The number of thiazole rings is 1. The number of aryl methyl sites for hydroxylation is 1. The lowest BCUT2D eigenvalue weighted by atomic mass is 10.3. The van der Waals surface area contributed by atoms with Crippen LogP contribution in [0, 0.1) is 6.92 Å². The predicted octanol–water partition coefficient (Wildman–Crippen LogP) is 1.66. The topological polar surface area (TPSA) is 80.0 Å². The van der Waals surface area contributed by atoms with Gasteiger partial charge in [0.25, 0.3) is 0 Å². The number of carbonyl (C=O) groups excluding carboxylic acids is 1. The molecule has 2 rings (SSSR count). The number of amides is 1. The molecule has 2 heterocycles. The van der Waals surface area contributed by atoms with E-state index in [4.69, 9.17) is 4.52 Å². The Morgan fingerprint density at radius 3 is 3.00 bits per heavy atom. The highest BCUT2D eigenvalue weighted by atomic mass is 32.1. The summed E-state index contributed by atoms with van der Waals surface area (Å²) in [6.07, 6.45) is 0.226. The fourth-order valence-electron chi connectivity index (χ4n) is 1.28. The van der Waals surface area contributed by atoms with E-state index in [1.807, 2.05) is 5.38 Å². The highest BCUT2D eigenvalue weighted by molar-refractivity contribution is 7.13. The lowest BCUT2D eigenvalue weighted by molar-refractivity contribution is -0.115. The van der Waals surface area contributed by atoms with Crippen LogP contribution in [0.15, 0.2) is 16.0 Å². The van der Waals surface area contributed by atoms with Crippen LogP contribution in [0.4, 0.5) is 10.9 Å². The first-order chi connectivity index (χ1) is 8.17. The SMILES string of the molecule is CNc1nc(CC(=O)Nc2cc(C)on2)cs1. The molecule has 0 spiro atoms. The summed E-state index contributed by atoms with van der Waals surface area (Å²) in [5.41, 5.74) is 0.733. The second-order valence-electron chi connectivity index (χ2n) is 3.44. The molecular formula is C10H12N4O2S. The summed E-state index contributed by atoms with van der Waals surface area (Å²) in [4.78, 5) is 15.9. The van der Waals surface area contributed by atoms with E-state index in [-0.39, 0.29) is 12.3 Å². The molecule has 0 bridgehead atoms. The molecule has 0 unspecified atom stereocenters. The maximum absolute atomic E-state index is 11.6. The van der Waals surface area contributed by atoms with Gasteiger partial charge < -0.3 is 15.2 Å². The third-order valence-electron chi connectivity index (χ3n) is 2.00. The molecule has 0 saturated heterocycles. The second-order valence-corrected chi connectivity index (χ2v) is 4.30. The predicted molar refractivity (Wildman–Crippen MR) is 65.2 cm³/mol. The molecule has 2 aromatic heterocycles. The second kappa shape index (κ2) is 4.96. The molecule has 0 atom stereocenters. The van der Waals surface area contributed by atoms with Gasteiger partial charge in [-0.3, -0.25) is 4.79 Å². The molecule has 90 valence electrons. The smallest absolute Gasteiger partial charge is 0.231 e. The number of carbonyl (C=O) groups is 1. The molecule has 0 fully saturated rings. The lowest BCUT2D eigenvalue weighted by Gasteiger charge is -1.98. The lowest BCUT2D eigenvalue weighted by Crippen LogP contribution is -2.14. The van der Waals surface area contributed by atoms with Gasteiger partial charge in [0, 0.05) is 18.5 Å². The number of nitrogens with zero attached hydrogens (tertiary/aromatic N) is 2. The quantitative estimate of drug-likeness (QED) is 0.865. The zero-order valence-electron chi connectivity index (χ0n) is 9.48. The van der Waals surface area contributed by atoms with Crippen LogP contribution in [0.3, 0.4) is 0 Å². The van der Waals surface area contributed by atoms with Crippen LogP contribution < -0.4 is 10.6 Å². The molecule has 0 aliphatic carbocycles. The van der Waals surface area contributed by atoms with Gasteiger partial charge in [0.2, 0.25) is 5.91 Å². The van der Waals surface area contributed by atoms with Crippen LogP contribution in [0.5, 0.6) is 0 Å². The molecule has 2 N–H and O–H groups in total. The minimum absolute atomic E-state index is 0.161. The van der Waals surface area contributed by atoms with E-state index in [1.54, 1.807) is 20.0 Å². The van der Waals surface area contributed by atoms with Crippen LogP contribution in [-0.4, -0.2) is 23.1 Å². The van der Waals surface area contributed by atoms with Crippen molar-refractivity contribution in [3.8, 4) is 0 Å². The number of anilines is 2. The van der Waals surface area contributed by atoms with Gasteiger partial charge >= 0.3 is 0 Å². The first-order valence-electron chi connectivity index (χ1n) is 5.02. The van der Waals surface area contributed by atoms with Gasteiger partial charge in [-0.05, 0) is 6.92 Å². The van der Waals surface area contributed by atoms with E-state index in [0.29, 0.717) is 11.6 Å². The Kier molecular flexibility index (Phi) is 3.38. The van der Waals surface area contributed by atoms with Gasteiger partial charge in [0.15, 0.2) is 10.9 Å². The molecule has 7 heteroatoms. The van der Waals surface area contributed by atoms with Crippen molar-refractivity contribution < 1.29 is 9.32 Å². The Balaban J connectivity index is 1.93. The van der Waals surface area contributed by atoms with Crippen LogP contribution in [0.2, 0.25) is 0 Å². The van der Waals surface area contributed by atoms with Crippen molar-refractivity contribution in [1.29, 1.82) is 0 Å². The largest absolute Gasteiger partial charge is 0.365 e. The third kappa shape index (κ3) is 3.04. The minimum Gasteiger partial charge on any atom is -0.365 e. The zero-order chi connectivity index (χ0) is 12.3. The molecule has 17 heavy (non-hydrogen) atoms.